The predicted molar refractivity (Wildman–Crippen MR) is 42.1 cm³/mol. The molecule has 9 heavy (non-hydrogen) atoms. The molecule has 0 rings (SSSR count). The lowest BCUT2D eigenvalue weighted by Crippen LogP contribution is -1.84. The van der Waals surface area contributed by atoms with Gasteiger partial charge in [-0.25, -0.2) is 0 Å². The van der Waals surface area contributed by atoms with Crippen molar-refractivity contribution in [2.45, 2.75) is 37.4 Å². The summed E-state index contributed by atoms with van der Waals surface area (Å²) in [6.07, 6.45) is 4.58. The van der Waals surface area contributed by atoms with Crippen molar-refractivity contribution in [1.82, 2.24) is 0 Å². The smallest absolute Gasteiger partial charge is 0.107 e. The zero-order chi connectivity index (χ0) is 6.41. The fourth-order valence-corrected chi connectivity index (χ4v) is 0.857. The topological polar surface area (TPSA) is 0 Å². The van der Waals surface area contributed by atoms with Gasteiger partial charge in [0, 0.05) is 0 Å². The lowest BCUT2D eigenvalue weighted by Gasteiger charge is -1.96. The Morgan fingerprint density at radius 3 is 2.11 bits per heavy atom. The molecule has 0 heterocycles. The zero-order valence-corrected chi connectivity index (χ0v) is 7.08. The lowest BCUT2D eigenvalue weighted by molar-refractivity contribution is 0.692. The average molecular weight is 175 g/mol. The second-order valence-corrected chi connectivity index (χ2v) is 3.16. The van der Waals surface area contributed by atoms with E-state index in [1.165, 1.54) is 12.8 Å². The summed E-state index contributed by atoms with van der Waals surface area (Å²) in [6.45, 7) is 2.16. The molecule has 0 spiro atoms. The zero-order valence-electron chi connectivity index (χ0n) is 5.57. The summed E-state index contributed by atoms with van der Waals surface area (Å²) in [5, 5.41) is 0. The van der Waals surface area contributed by atoms with Crippen molar-refractivity contribution >= 4 is 23.2 Å². The van der Waals surface area contributed by atoms with Gasteiger partial charge in [0.15, 0.2) is 0 Å². The Bertz CT molecular complexity index is 48.3. The second-order valence-electron chi connectivity index (χ2n) is 1.89. The van der Waals surface area contributed by atoms with E-state index in [4.69, 9.17) is 23.2 Å². The van der Waals surface area contributed by atoms with Crippen LogP contribution in [0.25, 0.3) is 0 Å². The van der Waals surface area contributed by atoms with E-state index in [1.807, 2.05) is 0 Å². The van der Waals surface area contributed by atoms with Crippen LogP contribution < -0.4 is 0 Å². The van der Waals surface area contributed by atoms with E-state index in [0.717, 1.165) is 12.8 Å². The van der Waals surface area contributed by atoms with Crippen LogP contribution in [0.1, 0.15) is 32.6 Å². The van der Waals surface area contributed by atoms with Crippen molar-refractivity contribution in [3.8, 4) is 0 Å². The summed E-state index contributed by atoms with van der Waals surface area (Å²) in [4.78, 5) is -0.151. The van der Waals surface area contributed by atoms with Crippen molar-refractivity contribution in [1.29, 1.82) is 0 Å². The third-order valence-electron chi connectivity index (χ3n) is 1.03. The van der Waals surface area contributed by atoms with Crippen LogP contribution in [0.3, 0.4) is 0 Å². The monoisotopic (exact) mass is 174 g/mol. The van der Waals surface area contributed by atoms with Crippen LogP contribution in [0, 0.1) is 0 Å². The number of alkyl halides is 2. The van der Waals surface area contributed by atoms with Crippen molar-refractivity contribution in [2.75, 3.05) is 0 Å². The minimum absolute atomic E-state index is 0. The van der Waals surface area contributed by atoms with E-state index in [0.29, 0.717) is 0 Å². The maximum atomic E-state index is 5.48. The summed E-state index contributed by atoms with van der Waals surface area (Å²) < 4.78 is 0. The highest BCUT2D eigenvalue weighted by Crippen LogP contribution is 2.11. The first-order valence-corrected chi connectivity index (χ1v) is 3.92. The fourth-order valence-electron chi connectivity index (χ4n) is 0.549. The molecule has 0 nitrogen and oxygen atoms in total. The molecule has 0 aliphatic carbocycles. The van der Waals surface area contributed by atoms with Gasteiger partial charge in [0.2, 0.25) is 0 Å². The van der Waals surface area contributed by atoms with Gasteiger partial charge in [0.1, 0.15) is 4.84 Å². The first kappa shape index (κ1) is 12.2. The van der Waals surface area contributed by atoms with Gasteiger partial charge in [-0.15, -0.1) is 23.2 Å². The van der Waals surface area contributed by atoms with Crippen LogP contribution in [-0.4, -0.2) is 4.84 Å². The number of hydrogen-bond donors (Lipinski definition) is 0. The largest absolute Gasteiger partial charge is 0.269 e. The van der Waals surface area contributed by atoms with Crippen molar-refractivity contribution in [3.63, 3.8) is 0 Å². The molecule has 0 bridgehead atoms. The Balaban J connectivity index is 0. The third kappa shape index (κ3) is 11.9. The van der Waals surface area contributed by atoms with Crippen molar-refractivity contribution in [2.24, 2.45) is 0 Å². The first-order chi connectivity index (χ1) is 3.77. The number of rotatable bonds is 4. The highest BCUT2D eigenvalue weighted by atomic mass is 35.5. The van der Waals surface area contributed by atoms with Gasteiger partial charge in [-0.2, -0.15) is 0 Å². The maximum Gasteiger partial charge on any atom is 0.107 e. The van der Waals surface area contributed by atoms with Crippen molar-refractivity contribution < 1.29 is 4.70 Å². The lowest BCUT2D eigenvalue weighted by atomic mass is 10.2. The molecule has 3 heteroatoms. The molecule has 0 aromatic rings. The SMILES string of the molecule is CCCCCC(Cl)Cl.F. The molecule has 0 saturated heterocycles. The summed E-state index contributed by atoms with van der Waals surface area (Å²) >= 11 is 11.0. The molecule has 0 unspecified atom stereocenters. The first-order valence-electron chi connectivity index (χ1n) is 3.05. The standard InChI is InChI=1S/C6H12Cl2.FH/c1-2-3-4-5-6(7)8;/h6H,2-5H2,1H3;1H. The predicted octanol–water partition coefficient (Wildman–Crippen LogP) is 3.52. The van der Waals surface area contributed by atoms with Crippen molar-refractivity contribution in [3.05, 3.63) is 0 Å². The Labute approximate surface area is 65.9 Å². The highest BCUT2D eigenvalue weighted by Gasteiger charge is 1.95. The molecule has 0 amide bonds. The molecule has 58 valence electrons. The molecule has 0 aliphatic rings. The van der Waals surface area contributed by atoms with E-state index in [-0.39, 0.29) is 9.54 Å². The molecular formula is C6H13Cl2F. The molecular weight excluding hydrogens is 162 g/mol. The minimum Gasteiger partial charge on any atom is -0.269 e. The van der Waals surface area contributed by atoms with Crippen LogP contribution in [0.15, 0.2) is 0 Å². The molecule has 0 aromatic heterocycles. The molecule has 0 fully saturated rings. The molecule has 0 saturated carbocycles. The molecule has 0 aliphatic heterocycles. The van der Waals surface area contributed by atoms with Crippen LogP contribution in [0.2, 0.25) is 0 Å². The van der Waals surface area contributed by atoms with Gasteiger partial charge in [0.05, 0.1) is 0 Å². The number of halogens is 3. The number of hydrogen-bond acceptors (Lipinski definition) is 0. The van der Waals surface area contributed by atoms with E-state index < -0.39 is 0 Å². The van der Waals surface area contributed by atoms with E-state index in [9.17, 15) is 0 Å². The fraction of sp³-hybridized carbons (Fsp3) is 1.00. The molecule has 0 N–H and O–H groups in total. The van der Waals surface area contributed by atoms with Gasteiger partial charge >= 0.3 is 0 Å². The molecule has 0 aromatic carbocycles. The van der Waals surface area contributed by atoms with Crippen LogP contribution in [-0.2, 0) is 0 Å². The van der Waals surface area contributed by atoms with Gasteiger partial charge in [-0.05, 0) is 6.42 Å². The van der Waals surface area contributed by atoms with Crippen LogP contribution >= 0.6 is 23.2 Å². The number of unbranched alkanes of at least 4 members (excludes halogenated alkanes) is 2. The van der Waals surface area contributed by atoms with Crippen LogP contribution in [0.5, 0.6) is 0 Å². The van der Waals surface area contributed by atoms with E-state index >= 15 is 0 Å². The Kier molecular flexibility index (Phi) is 11.5. The second kappa shape index (κ2) is 8.51. The molecule has 0 radical (unpaired) electrons. The minimum atomic E-state index is -0.151. The Hall–Kier alpha value is 0.510. The highest BCUT2D eigenvalue weighted by molar-refractivity contribution is 6.44. The van der Waals surface area contributed by atoms with E-state index in [1.54, 1.807) is 0 Å². The van der Waals surface area contributed by atoms with E-state index in [2.05, 4.69) is 6.92 Å². The van der Waals surface area contributed by atoms with Crippen LogP contribution in [0.4, 0.5) is 4.70 Å². The summed E-state index contributed by atoms with van der Waals surface area (Å²) in [5.41, 5.74) is 0. The summed E-state index contributed by atoms with van der Waals surface area (Å²) in [6, 6.07) is 0. The Morgan fingerprint density at radius 2 is 1.78 bits per heavy atom. The normalized spacial score (nSPS) is 9.33. The Morgan fingerprint density at radius 1 is 1.22 bits per heavy atom. The average Bonchev–Trinajstić information content (AvgIpc) is 1.66. The van der Waals surface area contributed by atoms with Gasteiger partial charge in [-0.3, -0.25) is 4.70 Å². The summed E-state index contributed by atoms with van der Waals surface area (Å²) in [7, 11) is 0. The van der Waals surface area contributed by atoms with Gasteiger partial charge < -0.3 is 0 Å². The van der Waals surface area contributed by atoms with Gasteiger partial charge in [0.25, 0.3) is 0 Å². The van der Waals surface area contributed by atoms with Gasteiger partial charge in [-0.1, -0.05) is 26.2 Å². The quantitative estimate of drug-likeness (QED) is 0.453. The molecule has 0 atom stereocenters. The third-order valence-corrected chi connectivity index (χ3v) is 1.46. The summed E-state index contributed by atoms with van der Waals surface area (Å²) in [5.74, 6) is 0. The maximum absolute atomic E-state index is 5.48.